The summed E-state index contributed by atoms with van der Waals surface area (Å²) in [6.45, 7) is 14.6. The molecule has 0 saturated carbocycles. The molecular weight excluding hydrogens is 484 g/mol. The molecule has 212 valence electrons. The Kier molecular flexibility index (Phi) is 11.7. The Morgan fingerprint density at radius 3 is 2.00 bits per heavy atom. The molecule has 0 radical (unpaired) electrons. The predicted molar refractivity (Wildman–Crippen MR) is 149 cm³/mol. The summed E-state index contributed by atoms with van der Waals surface area (Å²) in [6, 6.07) is 7.85. The number of hydrogen-bond acceptors (Lipinski definition) is 5. The van der Waals surface area contributed by atoms with Crippen LogP contribution in [-0.4, -0.2) is 72.5 Å². The fourth-order valence-corrected chi connectivity index (χ4v) is 4.46. The molecule has 4 N–H and O–H groups in total. The van der Waals surface area contributed by atoms with Gasteiger partial charge >= 0.3 is 5.97 Å². The monoisotopic (exact) mass is 530 g/mol. The maximum atomic E-state index is 13.9. The van der Waals surface area contributed by atoms with Crippen molar-refractivity contribution in [2.75, 3.05) is 20.6 Å². The summed E-state index contributed by atoms with van der Waals surface area (Å²) in [5.74, 6) is -2.28. The minimum absolute atomic E-state index is 0.0513. The third kappa shape index (κ3) is 8.68. The van der Waals surface area contributed by atoms with Crippen molar-refractivity contribution >= 4 is 23.7 Å². The topological polar surface area (TPSA) is 128 Å². The number of carbonyl (C=O) groups is 4. The van der Waals surface area contributed by atoms with Crippen LogP contribution in [0.25, 0.3) is 0 Å². The Bertz CT molecular complexity index is 1010. The van der Waals surface area contributed by atoms with Crippen LogP contribution in [-0.2, 0) is 24.6 Å². The number of carbonyl (C=O) groups excluding carboxylic acids is 3. The molecule has 9 nitrogen and oxygen atoms in total. The third-order valence-electron chi connectivity index (χ3n) is 6.85. The number of likely N-dealkylation sites (N-methyl/N-ethyl adjacent to an activating group) is 2. The molecule has 0 heterocycles. The summed E-state index contributed by atoms with van der Waals surface area (Å²) in [5.41, 5.74) is 0.143. The number of aliphatic carboxylic acids is 1. The van der Waals surface area contributed by atoms with Gasteiger partial charge in [0.15, 0.2) is 0 Å². The molecule has 38 heavy (non-hydrogen) atoms. The number of benzene rings is 1. The highest BCUT2D eigenvalue weighted by Gasteiger charge is 2.41. The van der Waals surface area contributed by atoms with E-state index in [1.807, 2.05) is 78.8 Å². The molecule has 0 aliphatic rings. The third-order valence-corrected chi connectivity index (χ3v) is 6.85. The van der Waals surface area contributed by atoms with Crippen molar-refractivity contribution in [3.63, 3.8) is 0 Å². The fourth-order valence-electron chi connectivity index (χ4n) is 4.46. The largest absolute Gasteiger partial charge is 0.480 e. The average Bonchev–Trinajstić information content (AvgIpc) is 2.83. The van der Waals surface area contributed by atoms with Crippen molar-refractivity contribution in [1.29, 1.82) is 0 Å². The normalized spacial score (nSPS) is 14.9. The van der Waals surface area contributed by atoms with Crippen molar-refractivity contribution in [3.8, 4) is 0 Å². The van der Waals surface area contributed by atoms with Crippen LogP contribution >= 0.6 is 0 Å². The van der Waals surface area contributed by atoms with E-state index in [4.69, 9.17) is 5.11 Å². The molecule has 9 heteroatoms. The van der Waals surface area contributed by atoms with Gasteiger partial charge in [-0.25, -0.2) is 0 Å². The van der Waals surface area contributed by atoms with Crippen molar-refractivity contribution in [3.05, 3.63) is 47.5 Å². The molecule has 0 spiro atoms. The van der Waals surface area contributed by atoms with E-state index in [1.165, 1.54) is 0 Å². The van der Waals surface area contributed by atoms with Gasteiger partial charge in [0.2, 0.25) is 17.7 Å². The van der Waals surface area contributed by atoms with Crippen LogP contribution in [0, 0.1) is 11.3 Å². The lowest BCUT2D eigenvalue weighted by Gasteiger charge is -2.40. The van der Waals surface area contributed by atoms with Crippen molar-refractivity contribution in [1.82, 2.24) is 20.9 Å². The molecular formula is C29H46N4O5. The Hall–Kier alpha value is -3.20. The highest BCUT2D eigenvalue weighted by molar-refractivity contribution is 5.95. The van der Waals surface area contributed by atoms with Gasteiger partial charge in [0.1, 0.15) is 12.6 Å². The van der Waals surface area contributed by atoms with E-state index >= 15 is 0 Å². The number of hydrogen-bond donors (Lipinski definition) is 4. The smallest absolute Gasteiger partial charge is 0.322 e. The molecule has 0 saturated heterocycles. The molecule has 3 atom stereocenters. The number of rotatable bonds is 12. The maximum Gasteiger partial charge on any atom is 0.322 e. The minimum Gasteiger partial charge on any atom is -0.480 e. The van der Waals surface area contributed by atoms with Crippen LogP contribution in [0.15, 0.2) is 42.0 Å². The highest BCUT2D eigenvalue weighted by atomic mass is 16.4. The van der Waals surface area contributed by atoms with Crippen LogP contribution < -0.4 is 16.0 Å². The SMILES string of the molecule is CN[C@H](C(=O)N[C@H](C(=O)N(C)[C@H](/C=C(\C)C(=O)NCC(=O)O)C(C)C)C(C)(C)C)C(C)(C)c1ccccc1. The number of nitrogens with one attached hydrogen (secondary N) is 3. The lowest BCUT2D eigenvalue weighted by Crippen LogP contribution is -2.61. The number of carboxylic acids is 1. The lowest BCUT2D eigenvalue weighted by molar-refractivity contribution is -0.140. The predicted octanol–water partition coefficient (Wildman–Crippen LogP) is 2.71. The summed E-state index contributed by atoms with van der Waals surface area (Å²) in [4.78, 5) is 52.2. The zero-order valence-electron chi connectivity index (χ0n) is 24.5. The number of amides is 3. The maximum absolute atomic E-state index is 13.9. The first-order valence-electron chi connectivity index (χ1n) is 12.9. The van der Waals surface area contributed by atoms with Crippen LogP contribution in [0.1, 0.15) is 61.0 Å². The van der Waals surface area contributed by atoms with Crippen LogP contribution in [0.2, 0.25) is 0 Å². The quantitative estimate of drug-likeness (QED) is 0.308. The van der Waals surface area contributed by atoms with E-state index in [1.54, 1.807) is 32.0 Å². The van der Waals surface area contributed by atoms with Crippen molar-refractivity contribution in [2.24, 2.45) is 11.3 Å². The summed E-state index contributed by atoms with van der Waals surface area (Å²) in [7, 11) is 3.38. The van der Waals surface area contributed by atoms with E-state index < -0.39 is 47.4 Å². The van der Waals surface area contributed by atoms with Gasteiger partial charge in [0.05, 0.1) is 12.1 Å². The summed E-state index contributed by atoms with van der Waals surface area (Å²) < 4.78 is 0. The van der Waals surface area contributed by atoms with E-state index in [0.29, 0.717) is 5.57 Å². The number of nitrogens with zero attached hydrogens (tertiary/aromatic N) is 1. The Morgan fingerprint density at radius 2 is 1.55 bits per heavy atom. The first-order chi connectivity index (χ1) is 17.4. The molecule has 0 aromatic heterocycles. The van der Waals surface area contributed by atoms with E-state index in [9.17, 15) is 19.2 Å². The van der Waals surface area contributed by atoms with Crippen LogP contribution in [0.3, 0.4) is 0 Å². The fraction of sp³-hybridized carbons (Fsp3) is 0.586. The molecule has 1 rings (SSSR count). The van der Waals surface area contributed by atoms with Crippen molar-refractivity contribution < 1.29 is 24.3 Å². The Morgan fingerprint density at radius 1 is 1.00 bits per heavy atom. The van der Waals surface area contributed by atoms with Crippen molar-refractivity contribution in [2.45, 2.75) is 78.9 Å². The van der Waals surface area contributed by atoms with Gasteiger partial charge in [0.25, 0.3) is 0 Å². The van der Waals surface area contributed by atoms with Gasteiger partial charge in [-0.15, -0.1) is 0 Å². The second kappa shape index (κ2) is 13.6. The highest BCUT2D eigenvalue weighted by Crippen LogP contribution is 2.29. The van der Waals surface area contributed by atoms with Gasteiger partial charge < -0.3 is 26.0 Å². The summed E-state index contributed by atoms with van der Waals surface area (Å²) in [5, 5.41) is 17.3. The van der Waals surface area contributed by atoms with E-state index in [0.717, 1.165) is 5.56 Å². The lowest BCUT2D eigenvalue weighted by atomic mass is 9.76. The van der Waals surface area contributed by atoms with Gasteiger partial charge in [-0.2, -0.15) is 0 Å². The first-order valence-corrected chi connectivity index (χ1v) is 12.9. The Balaban J connectivity index is 3.26. The van der Waals surface area contributed by atoms with Gasteiger partial charge in [-0.05, 0) is 30.9 Å². The van der Waals surface area contributed by atoms with Crippen LogP contribution in [0.4, 0.5) is 0 Å². The summed E-state index contributed by atoms with van der Waals surface area (Å²) >= 11 is 0. The average molecular weight is 531 g/mol. The molecule has 3 amide bonds. The first kappa shape index (κ1) is 32.8. The van der Waals surface area contributed by atoms with Gasteiger partial charge in [0, 0.05) is 18.0 Å². The van der Waals surface area contributed by atoms with Crippen LogP contribution in [0.5, 0.6) is 0 Å². The minimum atomic E-state index is -1.14. The zero-order chi connectivity index (χ0) is 29.4. The molecule has 0 aliphatic carbocycles. The molecule has 0 bridgehead atoms. The van der Waals surface area contributed by atoms with Gasteiger partial charge in [-0.1, -0.05) is 84.9 Å². The molecule has 0 aliphatic heterocycles. The van der Waals surface area contributed by atoms with E-state index in [-0.39, 0.29) is 17.7 Å². The summed E-state index contributed by atoms with van der Waals surface area (Å²) in [6.07, 6.45) is 1.66. The second-order valence-electron chi connectivity index (χ2n) is 11.7. The van der Waals surface area contributed by atoms with Gasteiger partial charge in [-0.3, -0.25) is 19.2 Å². The second-order valence-corrected chi connectivity index (χ2v) is 11.7. The number of carboxylic acid groups (broad SMARTS) is 1. The zero-order valence-corrected chi connectivity index (χ0v) is 24.5. The molecule has 0 unspecified atom stereocenters. The molecule has 1 aromatic rings. The van der Waals surface area contributed by atoms with E-state index in [2.05, 4.69) is 16.0 Å². The molecule has 0 fully saturated rings. The standard InChI is InChI=1S/C29H46N4O5/c1-18(2)21(16-19(3)25(36)31-17-22(34)35)33(10)27(38)24(28(4,5)6)32-26(37)23(30-9)29(7,8)20-14-12-11-13-15-20/h11-16,18,21,23-24,30H,17H2,1-10H3,(H,31,36)(H,32,37)(H,34,35)/b19-16+/t21-,23-,24-/m1/s1. The Labute approximate surface area is 227 Å². The molecule has 1 aromatic carbocycles.